The summed E-state index contributed by atoms with van der Waals surface area (Å²) >= 11 is 1.75. The fourth-order valence-electron chi connectivity index (χ4n) is 3.38. The van der Waals surface area contributed by atoms with Gasteiger partial charge in [-0.25, -0.2) is 0 Å². The minimum atomic E-state index is -0.319. The van der Waals surface area contributed by atoms with Gasteiger partial charge < -0.3 is 14.8 Å². The molecule has 5 heteroatoms. The summed E-state index contributed by atoms with van der Waals surface area (Å²) in [5, 5.41) is 5.17. The van der Waals surface area contributed by atoms with E-state index in [-0.39, 0.29) is 11.7 Å². The van der Waals surface area contributed by atoms with E-state index in [0.29, 0.717) is 31.5 Å². The average molecular weight is 323 g/mol. The van der Waals surface area contributed by atoms with Crippen molar-refractivity contribution < 1.29 is 14.3 Å². The minimum Gasteiger partial charge on any atom is -0.355 e. The Balaban J connectivity index is 1.37. The van der Waals surface area contributed by atoms with Gasteiger partial charge >= 0.3 is 0 Å². The number of hydrogen-bond acceptors (Lipinski definition) is 4. The van der Waals surface area contributed by atoms with Crippen molar-refractivity contribution in [2.24, 2.45) is 5.92 Å². The average Bonchev–Trinajstić information content (AvgIpc) is 3.20. The Hall–Kier alpha value is -0.910. The zero-order valence-corrected chi connectivity index (χ0v) is 14.0. The van der Waals surface area contributed by atoms with Crippen LogP contribution in [-0.2, 0) is 14.3 Å². The van der Waals surface area contributed by atoms with Crippen molar-refractivity contribution in [2.75, 3.05) is 19.8 Å². The van der Waals surface area contributed by atoms with Crippen LogP contribution in [0.2, 0.25) is 0 Å². The van der Waals surface area contributed by atoms with Crippen molar-refractivity contribution in [1.29, 1.82) is 0 Å². The normalized spacial score (nSPS) is 22.8. The maximum absolute atomic E-state index is 12.1. The number of rotatable bonds is 5. The molecule has 0 radical (unpaired) electrons. The molecule has 2 aliphatic rings. The molecule has 2 heterocycles. The molecule has 0 unspecified atom stereocenters. The molecule has 1 spiro atoms. The van der Waals surface area contributed by atoms with Crippen molar-refractivity contribution in [3.63, 3.8) is 0 Å². The summed E-state index contributed by atoms with van der Waals surface area (Å²) in [5.41, 5.74) is 0. The first-order valence-electron chi connectivity index (χ1n) is 8.25. The summed E-state index contributed by atoms with van der Waals surface area (Å²) in [6.07, 6.45) is 4.53. The molecule has 1 aliphatic heterocycles. The molecule has 2 fully saturated rings. The Labute approximate surface area is 136 Å². The summed E-state index contributed by atoms with van der Waals surface area (Å²) in [5.74, 6) is 0.715. The smallest absolute Gasteiger partial charge is 0.220 e. The van der Waals surface area contributed by atoms with Gasteiger partial charge in [0.2, 0.25) is 5.91 Å². The number of hydrogen-bond donors (Lipinski definition) is 1. The van der Waals surface area contributed by atoms with Crippen molar-refractivity contribution >= 4 is 17.2 Å². The molecular formula is C17H25NO3S. The van der Waals surface area contributed by atoms with Crippen LogP contribution < -0.4 is 5.32 Å². The van der Waals surface area contributed by atoms with Crippen LogP contribution in [0.5, 0.6) is 0 Å². The molecule has 1 N–H and O–H groups in total. The second kappa shape index (κ2) is 7.11. The van der Waals surface area contributed by atoms with E-state index in [1.165, 1.54) is 4.88 Å². The molecule has 1 aromatic rings. The number of carbonyl (C=O) groups is 1. The Morgan fingerprint density at radius 2 is 2.14 bits per heavy atom. The van der Waals surface area contributed by atoms with Crippen LogP contribution in [0.1, 0.15) is 49.8 Å². The Morgan fingerprint density at radius 3 is 2.77 bits per heavy atom. The van der Waals surface area contributed by atoms with E-state index in [9.17, 15) is 4.79 Å². The van der Waals surface area contributed by atoms with E-state index < -0.39 is 0 Å². The number of thiophene rings is 1. The van der Waals surface area contributed by atoms with Crippen molar-refractivity contribution in [1.82, 2.24) is 5.32 Å². The third-order valence-electron chi connectivity index (χ3n) is 4.79. The van der Waals surface area contributed by atoms with E-state index in [4.69, 9.17) is 9.47 Å². The third kappa shape index (κ3) is 3.89. The van der Waals surface area contributed by atoms with Crippen molar-refractivity contribution in [3.8, 4) is 0 Å². The summed E-state index contributed by atoms with van der Waals surface area (Å²) in [7, 11) is 0. The SMILES string of the molecule is C[C@H](CNC(=O)CC1CCC2(CC1)OCCO2)c1cccs1. The van der Waals surface area contributed by atoms with Crippen LogP contribution in [0.4, 0.5) is 0 Å². The number of amides is 1. The third-order valence-corrected chi connectivity index (χ3v) is 5.89. The highest BCUT2D eigenvalue weighted by atomic mass is 32.1. The molecule has 4 nitrogen and oxygen atoms in total. The van der Waals surface area contributed by atoms with Crippen LogP contribution in [-0.4, -0.2) is 31.5 Å². The zero-order valence-electron chi connectivity index (χ0n) is 13.2. The van der Waals surface area contributed by atoms with Gasteiger partial charge in [0.25, 0.3) is 0 Å². The van der Waals surface area contributed by atoms with Gasteiger partial charge in [-0.2, -0.15) is 0 Å². The molecule has 1 amide bonds. The van der Waals surface area contributed by atoms with E-state index in [0.717, 1.165) is 32.2 Å². The Bertz CT molecular complexity index is 472. The van der Waals surface area contributed by atoms with Gasteiger partial charge in [-0.05, 0) is 30.2 Å². The lowest BCUT2D eigenvalue weighted by molar-refractivity contribution is -0.183. The van der Waals surface area contributed by atoms with Gasteiger partial charge in [0.05, 0.1) is 13.2 Å². The summed E-state index contributed by atoms with van der Waals surface area (Å²) < 4.78 is 11.5. The van der Waals surface area contributed by atoms with Gasteiger partial charge in [-0.1, -0.05) is 13.0 Å². The topological polar surface area (TPSA) is 47.6 Å². The maximum atomic E-state index is 12.1. The van der Waals surface area contributed by atoms with Gasteiger partial charge in [0.15, 0.2) is 5.79 Å². The van der Waals surface area contributed by atoms with E-state index in [1.807, 2.05) is 0 Å². The minimum absolute atomic E-state index is 0.178. The molecular weight excluding hydrogens is 298 g/mol. The highest BCUT2D eigenvalue weighted by Gasteiger charge is 2.40. The molecule has 0 bridgehead atoms. The fraction of sp³-hybridized carbons (Fsp3) is 0.706. The molecule has 1 aliphatic carbocycles. The standard InChI is InChI=1S/C17H25NO3S/c1-13(15-3-2-10-22-15)12-18-16(19)11-14-4-6-17(7-5-14)20-8-9-21-17/h2-3,10,13-14H,4-9,11-12H2,1H3,(H,18,19)/t13-/m1/s1. The van der Waals surface area contributed by atoms with Gasteiger partial charge in [-0.3, -0.25) is 4.79 Å². The molecule has 0 aromatic carbocycles. The summed E-state index contributed by atoms with van der Waals surface area (Å²) in [6, 6.07) is 4.19. The van der Waals surface area contributed by atoms with Gasteiger partial charge in [0, 0.05) is 36.6 Å². The lowest BCUT2D eigenvalue weighted by Gasteiger charge is -2.35. The van der Waals surface area contributed by atoms with E-state index in [1.54, 1.807) is 11.3 Å². The fourth-order valence-corrected chi connectivity index (χ4v) is 4.17. The highest BCUT2D eigenvalue weighted by molar-refractivity contribution is 7.10. The van der Waals surface area contributed by atoms with Crippen molar-refractivity contribution in [3.05, 3.63) is 22.4 Å². The summed E-state index contributed by atoms with van der Waals surface area (Å²) in [4.78, 5) is 13.5. The first kappa shape index (κ1) is 16.0. The monoisotopic (exact) mass is 323 g/mol. The zero-order chi connectivity index (χ0) is 15.4. The molecule has 1 atom stereocenters. The second-order valence-electron chi connectivity index (χ2n) is 6.48. The molecule has 1 aromatic heterocycles. The molecule has 1 saturated heterocycles. The number of carbonyl (C=O) groups excluding carboxylic acids is 1. The molecule has 1 saturated carbocycles. The van der Waals surface area contributed by atoms with Crippen LogP contribution >= 0.6 is 11.3 Å². The Morgan fingerprint density at radius 1 is 1.41 bits per heavy atom. The van der Waals surface area contributed by atoms with Crippen LogP contribution in [0.25, 0.3) is 0 Å². The molecule has 122 valence electrons. The predicted octanol–water partition coefficient (Wildman–Crippen LogP) is 3.29. The largest absolute Gasteiger partial charge is 0.355 e. The number of nitrogens with one attached hydrogen (secondary N) is 1. The van der Waals surface area contributed by atoms with Crippen LogP contribution in [0, 0.1) is 5.92 Å². The van der Waals surface area contributed by atoms with Crippen LogP contribution in [0.15, 0.2) is 17.5 Å². The lowest BCUT2D eigenvalue weighted by Crippen LogP contribution is -2.37. The lowest BCUT2D eigenvalue weighted by atomic mass is 9.83. The molecule has 3 rings (SSSR count). The predicted molar refractivity (Wildman–Crippen MR) is 87.0 cm³/mol. The summed E-state index contributed by atoms with van der Waals surface area (Å²) in [6.45, 7) is 4.31. The van der Waals surface area contributed by atoms with Gasteiger partial charge in [0.1, 0.15) is 0 Å². The Kier molecular flexibility index (Phi) is 5.16. The van der Waals surface area contributed by atoms with E-state index in [2.05, 4.69) is 29.8 Å². The van der Waals surface area contributed by atoms with Crippen LogP contribution in [0.3, 0.4) is 0 Å². The first-order chi connectivity index (χ1) is 10.7. The van der Waals surface area contributed by atoms with Crippen molar-refractivity contribution in [2.45, 2.75) is 50.7 Å². The van der Waals surface area contributed by atoms with Gasteiger partial charge in [-0.15, -0.1) is 11.3 Å². The maximum Gasteiger partial charge on any atom is 0.220 e. The van der Waals surface area contributed by atoms with E-state index >= 15 is 0 Å². The second-order valence-corrected chi connectivity index (χ2v) is 7.45. The number of ether oxygens (including phenoxy) is 2. The highest BCUT2D eigenvalue weighted by Crippen LogP contribution is 2.39. The first-order valence-corrected chi connectivity index (χ1v) is 9.13. The molecule has 22 heavy (non-hydrogen) atoms. The quantitative estimate of drug-likeness (QED) is 0.904.